The standard InChI is InChI=1S/C28H44O3S.Ba.H2O/c1-3-5-7-9-11-13-15-18-24-20-17-21-27-25(19-16-14-12-10-8-6-4-2)22-26(23-28(24)27)32(29,30)31;;/h17,20-23H,3-16,18-19H2,1-2H3,(H,29,30,31);;1H2/q;+2;/p-2. The summed E-state index contributed by atoms with van der Waals surface area (Å²) in [5.41, 5.74) is 2.18. The summed E-state index contributed by atoms with van der Waals surface area (Å²) in [6.07, 6.45) is 19.0. The van der Waals surface area contributed by atoms with E-state index < -0.39 is 10.1 Å². The van der Waals surface area contributed by atoms with Crippen molar-refractivity contribution in [1.82, 2.24) is 0 Å². The first-order valence-corrected chi connectivity index (χ1v) is 14.4. The first-order chi connectivity index (χ1) is 15.5. The van der Waals surface area contributed by atoms with E-state index in [0.29, 0.717) is 0 Å². The molecule has 0 fully saturated rings. The van der Waals surface area contributed by atoms with Gasteiger partial charge >= 0.3 is 48.9 Å². The second-order valence-corrected chi connectivity index (χ2v) is 10.7. The molecule has 0 spiro atoms. The van der Waals surface area contributed by atoms with E-state index in [1.807, 2.05) is 0 Å². The predicted molar refractivity (Wildman–Crippen MR) is 143 cm³/mol. The maximum absolute atomic E-state index is 11.8. The summed E-state index contributed by atoms with van der Waals surface area (Å²) in [4.78, 5) is -0.0741. The van der Waals surface area contributed by atoms with Gasteiger partial charge < -0.3 is 10.0 Å². The normalized spacial score (nSPS) is 11.3. The molecule has 0 unspecified atom stereocenters. The van der Waals surface area contributed by atoms with Crippen LogP contribution in [-0.4, -0.2) is 67.3 Å². The van der Waals surface area contributed by atoms with Crippen molar-refractivity contribution in [1.29, 1.82) is 0 Å². The molecular weight excluding hydrogens is 570 g/mol. The zero-order valence-electron chi connectivity index (χ0n) is 21.5. The molecule has 0 heterocycles. The van der Waals surface area contributed by atoms with Crippen LogP contribution in [0.25, 0.3) is 10.8 Å². The summed E-state index contributed by atoms with van der Waals surface area (Å²) < 4.78 is 35.5. The van der Waals surface area contributed by atoms with Gasteiger partial charge in [-0.15, -0.1) is 0 Å². The summed E-state index contributed by atoms with van der Waals surface area (Å²) in [6, 6.07) is 9.50. The fourth-order valence-corrected chi connectivity index (χ4v) is 5.16. The van der Waals surface area contributed by atoms with Crippen molar-refractivity contribution in [2.24, 2.45) is 0 Å². The summed E-state index contributed by atoms with van der Waals surface area (Å²) in [5, 5.41) is 2.07. The Kier molecular flexibility index (Phi) is 19.4. The monoisotopic (exact) mass is 614 g/mol. The molecular formula is C28H44BaO4S. The summed E-state index contributed by atoms with van der Waals surface area (Å²) in [5.74, 6) is 0. The molecule has 2 aromatic carbocycles. The molecule has 1 N–H and O–H groups in total. The van der Waals surface area contributed by atoms with Crippen LogP contribution in [0.2, 0.25) is 0 Å². The maximum atomic E-state index is 11.8. The molecule has 0 aliphatic carbocycles. The quantitative estimate of drug-likeness (QED) is 0.104. The number of unbranched alkanes of at least 4 members (excludes halogenated alkanes) is 12. The van der Waals surface area contributed by atoms with Crippen LogP contribution >= 0.6 is 0 Å². The van der Waals surface area contributed by atoms with E-state index in [1.54, 1.807) is 12.1 Å². The van der Waals surface area contributed by atoms with Gasteiger partial charge in [-0.05, 0) is 59.7 Å². The minimum atomic E-state index is -4.47. The third-order valence-electron chi connectivity index (χ3n) is 6.53. The average molecular weight is 614 g/mol. The summed E-state index contributed by atoms with van der Waals surface area (Å²) >= 11 is 0. The minimum absolute atomic E-state index is 0. The Balaban J connectivity index is 0.00000544. The van der Waals surface area contributed by atoms with E-state index in [9.17, 15) is 13.0 Å². The van der Waals surface area contributed by atoms with Gasteiger partial charge in [0.1, 0.15) is 10.1 Å². The van der Waals surface area contributed by atoms with Crippen LogP contribution < -0.4 is 0 Å². The van der Waals surface area contributed by atoms with Crippen LogP contribution in [0.4, 0.5) is 0 Å². The molecule has 0 radical (unpaired) electrons. The van der Waals surface area contributed by atoms with Gasteiger partial charge in [0.15, 0.2) is 0 Å². The number of fused-ring (bicyclic) bond motifs is 1. The van der Waals surface area contributed by atoms with Crippen molar-refractivity contribution >= 4 is 69.8 Å². The maximum Gasteiger partial charge on any atom is 2.00 e. The largest absolute Gasteiger partial charge is 2.00 e. The molecule has 0 saturated heterocycles. The van der Waals surface area contributed by atoms with E-state index in [0.717, 1.165) is 48.4 Å². The number of rotatable bonds is 17. The van der Waals surface area contributed by atoms with Crippen molar-refractivity contribution in [2.45, 2.75) is 121 Å². The Morgan fingerprint density at radius 1 is 0.647 bits per heavy atom. The van der Waals surface area contributed by atoms with Gasteiger partial charge in [-0.3, -0.25) is 0 Å². The molecule has 0 bridgehead atoms. The fourth-order valence-electron chi connectivity index (χ4n) is 4.61. The van der Waals surface area contributed by atoms with Crippen LogP contribution in [0.3, 0.4) is 0 Å². The number of hydrogen-bond acceptors (Lipinski definition) is 4. The Morgan fingerprint density at radius 2 is 1.12 bits per heavy atom. The van der Waals surface area contributed by atoms with Crippen LogP contribution in [0.5, 0.6) is 0 Å². The first-order valence-electron chi connectivity index (χ1n) is 13.0. The minimum Gasteiger partial charge on any atom is -0.870 e. The predicted octanol–water partition coefficient (Wildman–Crippen LogP) is 7.77. The van der Waals surface area contributed by atoms with Gasteiger partial charge in [0.25, 0.3) is 0 Å². The molecule has 0 aromatic heterocycles. The Bertz CT molecular complexity index is 912. The van der Waals surface area contributed by atoms with Crippen LogP contribution in [0, 0.1) is 0 Å². The van der Waals surface area contributed by atoms with Gasteiger partial charge in [0, 0.05) is 0 Å². The zero-order valence-corrected chi connectivity index (χ0v) is 26.7. The van der Waals surface area contributed by atoms with E-state index in [-0.39, 0.29) is 59.3 Å². The molecule has 0 aliphatic rings. The molecule has 0 aliphatic heterocycles. The fraction of sp³-hybridized carbons (Fsp3) is 0.643. The molecule has 4 nitrogen and oxygen atoms in total. The van der Waals surface area contributed by atoms with E-state index in [2.05, 4.69) is 32.0 Å². The third-order valence-corrected chi connectivity index (χ3v) is 7.35. The molecule has 0 saturated carbocycles. The Hall–Kier alpha value is 0.141. The number of aryl methyl sites for hydroxylation is 2. The number of benzene rings is 2. The SMILES string of the molecule is CCCCCCCCCc1cc(S(=O)(=O)[O-])cc2c(CCCCCCCCC)cccc12.[Ba+2].[OH-]. The molecule has 0 atom stereocenters. The average Bonchev–Trinajstić information content (AvgIpc) is 2.77. The van der Waals surface area contributed by atoms with Gasteiger partial charge in [-0.1, -0.05) is 109 Å². The second kappa shape index (κ2) is 19.3. The van der Waals surface area contributed by atoms with Crippen LogP contribution in [-0.2, 0) is 23.0 Å². The topological polar surface area (TPSA) is 87.2 Å². The van der Waals surface area contributed by atoms with Gasteiger partial charge in [-0.2, -0.15) is 0 Å². The number of hydrogen-bond donors (Lipinski definition) is 0. The first kappa shape index (κ1) is 34.1. The van der Waals surface area contributed by atoms with Crippen molar-refractivity contribution < 1.29 is 18.4 Å². The molecule has 2 rings (SSSR count). The second-order valence-electron chi connectivity index (χ2n) is 9.29. The van der Waals surface area contributed by atoms with E-state index in [1.165, 1.54) is 76.2 Å². The molecule has 2 aromatic rings. The van der Waals surface area contributed by atoms with E-state index >= 15 is 0 Å². The Morgan fingerprint density at radius 3 is 1.62 bits per heavy atom. The van der Waals surface area contributed by atoms with Crippen molar-refractivity contribution in [3.63, 3.8) is 0 Å². The van der Waals surface area contributed by atoms with Crippen molar-refractivity contribution in [3.8, 4) is 0 Å². The molecule has 6 heteroatoms. The van der Waals surface area contributed by atoms with Crippen LogP contribution in [0.15, 0.2) is 35.2 Å². The summed E-state index contributed by atoms with van der Waals surface area (Å²) in [6.45, 7) is 4.46. The molecule has 0 amide bonds. The van der Waals surface area contributed by atoms with Gasteiger partial charge in [0.2, 0.25) is 0 Å². The van der Waals surface area contributed by atoms with Gasteiger partial charge in [0.05, 0.1) is 4.90 Å². The van der Waals surface area contributed by atoms with E-state index in [4.69, 9.17) is 0 Å². The molecule has 34 heavy (non-hydrogen) atoms. The third kappa shape index (κ3) is 12.4. The van der Waals surface area contributed by atoms with Gasteiger partial charge in [-0.25, -0.2) is 8.42 Å². The van der Waals surface area contributed by atoms with Crippen molar-refractivity contribution in [3.05, 3.63) is 41.5 Å². The Labute approximate surface area is 248 Å². The van der Waals surface area contributed by atoms with Crippen molar-refractivity contribution in [2.75, 3.05) is 0 Å². The molecule has 188 valence electrons. The zero-order chi connectivity index (χ0) is 23.2. The smallest absolute Gasteiger partial charge is 0.870 e. The summed E-state index contributed by atoms with van der Waals surface area (Å²) in [7, 11) is -4.47. The van der Waals surface area contributed by atoms with Crippen LogP contribution in [0.1, 0.15) is 115 Å².